The van der Waals surface area contributed by atoms with Crippen molar-refractivity contribution in [1.82, 2.24) is 5.32 Å². The fraction of sp³-hybridized carbons (Fsp3) is 0.0870. The van der Waals surface area contributed by atoms with Crippen LogP contribution in [0.2, 0.25) is 0 Å². The molecule has 3 aromatic rings. The second-order valence-electron chi connectivity index (χ2n) is 7.20. The van der Waals surface area contributed by atoms with Crippen molar-refractivity contribution in [3.63, 3.8) is 0 Å². The molecule has 9 heteroatoms. The van der Waals surface area contributed by atoms with Gasteiger partial charge in [0.2, 0.25) is 0 Å². The number of amides is 4. The first-order valence-corrected chi connectivity index (χ1v) is 9.58. The van der Waals surface area contributed by atoms with E-state index in [1.807, 2.05) is 13.8 Å². The predicted octanol–water partition coefficient (Wildman–Crippen LogP) is 4.14. The van der Waals surface area contributed by atoms with Crippen LogP contribution in [-0.4, -0.2) is 22.8 Å². The van der Waals surface area contributed by atoms with Crippen LogP contribution in [0.25, 0.3) is 17.4 Å². The van der Waals surface area contributed by atoms with Gasteiger partial charge < -0.3 is 4.42 Å². The van der Waals surface area contributed by atoms with Crippen molar-refractivity contribution in [3.8, 4) is 11.3 Å². The number of hydrogen-bond acceptors (Lipinski definition) is 6. The molecule has 0 bridgehead atoms. The Balaban J connectivity index is 1.70. The molecule has 0 spiro atoms. The zero-order chi connectivity index (χ0) is 23.0. The molecule has 2 aromatic carbocycles. The Kier molecular flexibility index (Phi) is 5.15. The lowest BCUT2D eigenvalue weighted by atomic mass is 10.1. The number of benzene rings is 2. The van der Waals surface area contributed by atoms with Crippen LogP contribution < -0.4 is 10.2 Å². The lowest BCUT2D eigenvalue weighted by Crippen LogP contribution is -2.54. The summed E-state index contributed by atoms with van der Waals surface area (Å²) in [5, 5.41) is 13.4. The van der Waals surface area contributed by atoms with Gasteiger partial charge in [-0.05, 0) is 61.4 Å². The third kappa shape index (κ3) is 3.67. The van der Waals surface area contributed by atoms with E-state index in [2.05, 4.69) is 5.32 Å². The van der Waals surface area contributed by atoms with Crippen molar-refractivity contribution < 1.29 is 23.7 Å². The van der Waals surface area contributed by atoms with Gasteiger partial charge in [-0.1, -0.05) is 18.2 Å². The number of anilines is 1. The summed E-state index contributed by atoms with van der Waals surface area (Å²) in [6.07, 6.45) is 1.20. The number of hydrogen-bond donors (Lipinski definition) is 1. The first-order valence-electron chi connectivity index (χ1n) is 9.58. The molecule has 0 atom stereocenters. The maximum absolute atomic E-state index is 13.0. The number of urea groups is 1. The molecular weight excluding hydrogens is 414 g/mol. The molecule has 9 nitrogen and oxygen atoms in total. The summed E-state index contributed by atoms with van der Waals surface area (Å²) in [6.45, 7) is 3.75. The summed E-state index contributed by atoms with van der Waals surface area (Å²) >= 11 is 0. The number of barbiturate groups is 1. The molecule has 1 aliphatic rings. The molecule has 2 heterocycles. The minimum absolute atomic E-state index is 0.131. The Morgan fingerprint density at radius 1 is 1.00 bits per heavy atom. The molecule has 4 amide bonds. The fourth-order valence-corrected chi connectivity index (χ4v) is 3.32. The smallest absolute Gasteiger partial charge is 0.335 e. The molecule has 0 saturated carbocycles. The van der Waals surface area contributed by atoms with E-state index in [0.29, 0.717) is 5.69 Å². The van der Waals surface area contributed by atoms with Crippen molar-refractivity contribution in [2.24, 2.45) is 0 Å². The highest BCUT2D eigenvalue weighted by molar-refractivity contribution is 6.39. The van der Waals surface area contributed by atoms with E-state index in [1.165, 1.54) is 36.4 Å². The summed E-state index contributed by atoms with van der Waals surface area (Å²) in [4.78, 5) is 49.4. The van der Waals surface area contributed by atoms with Crippen molar-refractivity contribution >= 4 is 35.3 Å². The minimum Gasteiger partial charge on any atom is -0.456 e. The molecule has 32 heavy (non-hydrogen) atoms. The monoisotopic (exact) mass is 431 g/mol. The molecule has 0 radical (unpaired) electrons. The molecule has 1 saturated heterocycles. The lowest BCUT2D eigenvalue weighted by molar-refractivity contribution is -0.384. The first kappa shape index (κ1) is 20.7. The average molecular weight is 431 g/mol. The summed E-state index contributed by atoms with van der Waals surface area (Å²) in [7, 11) is 0. The average Bonchev–Trinajstić information content (AvgIpc) is 3.22. The third-order valence-corrected chi connectivity index (χ3v) is 5.13. The van der Waals surface area contributed by atoms with Crippen molar-refractivity contribution in [1.29, 1.82) is 0 Å². The number of carbonyl (C=O) groups is 3. The van der Waals surface area contributed by atoms with Gasteiger partial charge in [-0.25, -0.2) is 9.69 Å². The number of nitrogens with zero attached hydrogens (tertiary/aromatic N) is 2. The van der Waals surface area contributed by atoms with Gasteiger partial charge in [-0.15, -0.1) is 0 Å². The van der Waals surface area contributed by atoms with Crippen molar-refractivity contribution in [2.45, 2.75) is 13.8 Å². The maximum Gasteiger partial charge on any atom is 0.335 e. The Hall–Kier alpha value is -4.53. The van der Waals surface area contributed by atoms with Crippen LogP contribution in [0.1, 0.15) is 16.9 Å². The van der Waals surface area contributed by atoms with Gasteiger partial charge in [-0.2, -0.15) is 0 Å². The number of furan rings is 1. The van der Waals surface area contributed by atoms with Gasteiger partial charge in [0.05, 0.1) is 16.2 Å². The highest BCUT2D eigenvalue weighted by Gasteiger charge is 2.37. The number of nitrogens with one attached hydrogen (secondary N) is 1. The van der Waals surface area contributed by atoms with Gasteiger partial charge in [0.15, 0.2) is 0 Å². The number of imide groups is 2. The van der Waals surface area contributed by atoms with E-state index in [1.54, 1.807) is 24.3 Å². The van der Waals surface area contributed by atoms with E-state index in [-0.39, 0.29) is 28.3 Å². The van der Waals surface area contributed by atoms with Crippen LogP contribution in [0.5, 0.6) is 0 Å². The summed E-state index contributed by atoms with van der Waals surface area (Å²) in [6, 6.07) is 13.3. The molecule has 0 unspecified atom stereocenters. The SMILES string of the molecule is Cc1ccc(N2C(=O)NC(=O)/C(=C\c3ccc(-c4ccccc4[N+](=O)[O-])o3)C2=O)cc1C. The molecule has 4 rings (SSSR count). The normalized spacial score (nSPS) is 15.2. The number of para-hydroxylation sites is 1. The van der Waals surface area contributed by atoms with Crippen LogP contribution in [0.4, 0.5) is 16.2 Å². The summed E-state index contributed by atoms with van der Waals surface area (Å²) in [5.41, 5.74) is 2.02. The molecule has 1 aliphatic heterocycles. The summed E-state index contributed by atoms with van der Waals surface area (Å²) < 4.78 is 5.65. The molecule has 1 N–H and O–H groups in total. The van der Waals surface area contributed by atoms with Gasteiger partial charge in [-0.3, -0.25) is 25.0 Å². The van der Waals surface area contributed by atoms with Gasteiger partial charge in [0, 0.05) is 6.07 Å². The van der Waals surface area contributed by atoms with Crippen molar-refractivity contribution in [2.75, 3.05) is 4.90 Å². The van der Waals surface area contributed by atoms with Gasteiger partial charge in [0.25, 0.3) is 17.5 Å². The first-order chi connectivity index (χ1) is 15.3. The highest BCUT2D eigenvalue weighted by atomic mass is 16.6. The molecular formula is C23H17N3O6. The zero-order valence-corrected chi connectivity index (χ0v) is 17.1. The third-order valence-electron chi connectivity index (χ3n) is 5.13. The lowest BCUT2D eigenvalue weighted by Gasteiger charge is -2.26. The van der Waals surface area contributed by atoms with Crippen LogP contribution in [0.3, 0.4) is 0 Å². The van der Waals surface area contributed by atoms with Crippen LogP contribution in [0.15, 0.2) is 64.6 Å². The van der Waals surface area contributed by atoms with Crippen molar-refractivity contribution in [3.05, 3.63) is 87.2 Å². The Bertz CT molecular complexity index is 1320. The number of aryl methyl sites for hydroxylation is 2. The number of nitro benzene ring substituents is 1. The van der Waals surface area contributed by atoms with Crippen LogP contribution >= 0.6 is 0 Å². The fourth-order valence-electron chi connectivity index (χ4n) is 3.32. The maximum atomic E-state index is 13.0. The molecule has 1 aromatic heterocycles. The standard InChI is InChI=1S/C23H17N3O6/c1-13-7-8-15(11-14(13)2)25-22(28)18(21(27)24-23(25)29)12-16-9-10-20(32-16)17-5-3-4-6-19(17)26(30)31/h3-12H,1-2H3,(H,24,27,29)/b18-12+. The molecule has 1 fully saturated rings. The number of carbonyl (C=O) groups excluding carboxylic acids is 3. The molecule has 160 valence electrons. The zero-order valence-electron chi connectivity index (χ0n) is 17.1. The Morgan fingerprint density at radius 2 is 1.75 bits per heavy atom. The number of nitro groups is 1. The van der Waals surface area contributed by atoms with E-state index in [4.69, 9.17) is 4.42 Å². The van der Waals surface area contributed by atoms with Crippen LogP contribution in [-0.2, 0) is 9.59 Å². The van der Waals surface area contributed by atoms with Crippen LogP contribution in [0, 0.1) is 24.0 Å². The van der Waals surface area contributed by atoms with E-state index >= 15 is 0 Å². The van der Waals surface area contributed by atoms with E-state index in [0.717, 1.165) is 16.0 Å². The highest BCUT2D eigenvalue weighted by Crippen LogP contribution is 2.32. The predicted molar refractivity (Wildman–Crippen MR) is 116 cm³/mol. The number of rotatable bonds is 4. The quantitative estimate of drug-likeness (QED) is 0.287. The molecule has 0 aliphatic carbocycles. The Morgan fingerprint density at radius 3 is 2.47 bits per heavy atom. The van der Waals surface area contributed by atoms with Gasteiger partial charge >= 0.3 is 6.03 Å². The van der Waals surface area contributed by atoms with E-state index in [9.17, 15) is 24.5 Å². The Labute approximate surface area is 182 Å². The second-order valence-corrected chi connectivity index (χ2v) is 7.20. The van der Waals surface area contributed by atoms with Gasteiger partial charge in [0.1, 0.15) is 17.1 Å². The van der Waals surface area contributed by atoms with E-state index < -0.39 is 22.8 Å². The second kappa shape index (κ2) is 7.95. The largest absolute Gasteiger partial charge is 0.456 e. The summed E-state index contributed by atoms with van der Waals surface area (Å²) in [5.74, 6) is -1.32. The minimum atomic E-state index is -0.858. The topological polar surface area (TPSA) is 123 Å².